The summed E-state index contributed by atoms with van der Waals surface area (Å²) in [5.74, 6) is 0.833. The van der Waals surface area contributed by atoms with Crippen molar-refractivity contribution in [1.29, 1.82) is 0 Å². The van der Waals surface area contributed by atoms with Gasteiger partial charge in [-0.2, -0.15) is 21.7 Å². The molecule has 1 aromatic heterocycles. The number of carbonyl (C=O) groups is 1. The molecule has 11 heteroatoms. The zero-order valence-electron chi connectivity index (χ0n) is 26.0. The summed E-state index contributed by atoms with van der Waals surface area (Å²) in [5.41, 5.74) is 2.83. The molecular weight excluding hydrogens is 576 g/mol. The molecule has 2 unspecified atom stereocenters. The van der Waals surface area contributed by atoms with Gasteiger partial charge in [0.2, 0.25) is 5.91 Å². The molecule has 2 aromatic carbocycles. The van der Waals surface area contributed by atoms with E-state index >= 15 is 0 Å². The first-order valence-electron chi connectivity index (χ1n) is 15.3. The lowest BCUT2D eigenvalue weighted by Gasteiger charge is -2.42. The van der Waals surface area contributed by atoms with Crippen LogP contribution in [0.4, 0.5) is 11.5 Å². The molecular formula is C33H44N6O4S. The summed E-state index contributed by atoms with van der Waals surface area (Å²) in [5, 5.41) is 23.4. The number of phenolic OH excluding ortho intramolecular Hbond substituents is 1. The Morgan fingerprint density at radius 3 is 2.68 bits per heavy atom. The van der Waals surface area contributed by atoms with Gasteiger partial charge in [0, 0.05) is 60.7 Å². The smallest absolute Gasteiger partial charge is 0.318 e. The number of piperazine rings is 1. The largest absolute Gasteiger partial charge is 0.508 e. The fourth-order valence-electron chi connectivity index (χ4n) is 6.39. The number of anilines is 2. The Morgan fingerprint density at radius 2 is 1.98 bits per heavy atom. The van der Waals surface area contributed by atoms with Crippen LogP contribution < -0.4 is 14.5 Å². The Morgan fingerprint density at radius 1 is 1.16 bits per heavy atom. The first kappa shape index (κ1) is 31.9. The van der Waals surface area contributed by atoms with Gasteiger partial charge in [-0.25, -0.2) is 0 Å². The molecule has 3 aliphatic heterocycles. The number of phenols is 1. The van der Waals surface area contributed by atoms with Crippen LogP contribution in [-0.4, -0.2) is 113 Å². The number of thioether (sulfide) groups is 1. The Labute approximate surface area is 264 Å². The molecule has 44 heavy (non-hydrogen) atoms. The van der Waals surface area contributed by atoms with E-state index in [2.05, 4.69) is 50.6 Å². The summed E-state index contributed by atoms with van der Waals surface area (Å²) in [6, 6.07) is 11.5. The zero-order chi connectivity index (χ0) is 31.2. The normalized spacial score (nSPS) is 20.5. The molecule has 2 N–H and O–H groups in total. The van der Waals surface area contributed by atoms with E-state index in [0.717, 1.165) is 45.3 Å². The van der Waals surface area contributed by atoms with Gasteiger partial charge in [-0.3, -0.25) is 4.79 Å². The highest BCUT2D eigenvalue weighted by molar-refractivity contribution is 7.99. The minimum absolute atomic E-state index is 0.108. The lowest BCUT2D eigenvalue weighted by molar-refractivity contribution is -0.126. The van der Waals surface area contributed by atoms with Crippen molar-refractivity contribution >= 4 is 39.9 Å². The first-order chi connectivity index (χ1) is 21.3. The molecule has 1 amide bonds. The van der Waals surface area contributed by atoms with Gasteiger partial charge in [0.05, 0.1) is 32.0 Å². The molecule has 0 radical (unpaired) electrons. The van der Waals surface area contributed by atoms with E-state index in [1.54, 1.807) is 24.1 Å². The summed E-state index contributed by atoms with van der Waals surface area (Å²) in [7, 11) is 3.75. The standard InChI is InChI=1S/C26H29N5O4.C7H15NS/c1-3-24(34)30-10-11-31(18(14-30)16-32)25-21-8-9-29(15-22(21)27-26(28-25)35-2)23-13-19(33)12-17-6-4-5-7-20(17)23;1-8-5-3-4-7(6-8)9-2/h3-7,12-13,18,32-33H,1,8-11,14-16H2,2H3;7H,3-6H2,1-2H3. The molecule has 0 spiro atoms. The number of hydrogen-bond acceptors (Lipinski definition) is 10. The monoisotopic (exact) mass is 620 g/mol. The zero-order valence-corrected chi connectivity index (χ0v) is 26.8. The topological polar surface area (TPSA) is 106 Å². The highest BCUT2D eigenvalue weighted by atomic mass is 32.2. The van der Waals surface area contributed by atoms with Crippen molar-refractivity contribution in [3.63, 3.8) is 0 Å². The maximum absolute atomic E-state index is 12.1. The van der Waals surface area contributed by atoms with E-state index in [1.807, 2.05) is 30.0 Å². The Kier molecular flexibility index (Phi) is 10.5. The molecule has 6 rings (SSSR count). The number of hydrogen-bond donors (Lipinski definition) is 2. The van der Waals surface area contributed by atoms with Crippen molar-refractivity contribution in [2.45, 2.75) is 37.1 Å². The van der Waals surface area contributed by atoms with Crippen LogP contribution in [0.3, 0.4) is 0 Å². The number of aromatic hydroxyl groups is 1. The number of methoxy groups -OCH3 is 1. The number of carbonyl (C=O) groups excluding carboxylic acids is 1. The van der Waals surface area contributed by atoms with E-state index in [1.165, 1.54) is 32.0 Å². The second-order valence-electron chi connectivity index (χ2n) is 11.6. The van der Waals surface area contributed by atoms with Crippen molar-refractivity contribution in [1.82, 2.24) is 19.8 Å². The number of amides is 1. The van der Waals surface area contributed by atoms with Crippen LogP contribution in [0, 0.1) is 0 Å². The fourth-order valence-corrected chi connectivity index (χ4v) is 7.20. The third-order valence-electron chi connectivity index (χ3n) is 8.74. The number of fused-ring (bicyclic) bond motifs is 2. The van der Waals surface area contributed by atoms with Gasteiger partial charge < -0.3 is 34.5 Å². The highest BCUT2D eigenvalue weighted by Crippen LogP contribution is 2.37. The number of rotatable bonds is 6. The lowest BCUT2D eigenvalue weighted by Crippen LogP contribution is -2.56. The summed E-state index contributed by atoms with van der Waals surface area (Å²) >= 11 is 2.01. The maximum Gasteiger partial charge on any atom is 0.318 e. The summed E-state index contributed by atoms with van der Waals surface area (Å²) in [4.78, 5) is 29.9. The molecule has 2 atom stereocenters. The molecule has 10 nitrogen and oxygen atoms in total. The SMILES string of the molecule is C=CC(=O)N1CCN(c2nc(OC)nc3c2CCN(c2cc(O)cc4ccccc24)C3)C(CO)C1.CSC1CCCN(C)C1. The quantitative estimate of drug-likeness (QED) is 0.398. The summed E-state index contributed by atoms with van der Waals surface area (Å²) in [6.07, 6.45) is 7.03. The molecule has 0 saturated carbocycles. The second kappa shape index (κ2) is 14.5. The predicted molar refractivity (Wildman–Crippen MR) is 178 cm³/mol. The van der Waals surface area contributed by atoms with Crippen molar-refractivity contribution in [3.05, 3.63) is 60.3 Å². The molecule has 0 bridgehead atoms. The molecule has 0 aliphatic carbocycles. The van der Waals surface area contributed by atoms with E-state index in [9.17, 15) is 15.0 Å². The number of benzene rings is 2. The van der Waals surface area contributed by atoms with Gasteiger partial charge in [-0.05, 0) is 56.6 Å². The molecule has 3 aromatic rings. The van der Waals surface area contributed by atoms with Crippen molar-refractivity contribution < 1.29 is 19.7 Å². The van der Waals surface area contributed by atoms with E-state index in [0.29, 0.717) is 32.6 Å². The van der Waals surface area contributed by atoms with Crippen LogP contribution in [-0.2, 0) is 17.8 Å². The van der Waals surface area contributed by atoms with Gasteiger partial charge in [0.15, 0.2) is 0 Å². The Bertz CT molecular complexity index is 1470. The molecule has 4 heterocycles. The van der Waals surface area contributed by atoms with Crippen LogP contribution in [0.5, 0.6) is 11.8 Å². The lowest BCUT2D eigenvalue weighted by atomic mass is 10.0. The van der Waals surface area contributed by atoms with Crippen LogP contribution >= 0.6 is 11.8 Å². The number of aliphatic hydroxyl groups is 1. The number of likely N-dealkylation sites (tertiary alicyclic amines) is 1. The molecule has 2 saturated heterocycles. The van der Waals surface area contributed by atoms with Crippen LogP contribution in [0.15, 0.2) is 49.1 Å². The number of nitrogens with zero attached hydrogens (tertiary/aromatic N) is 6. The number of piperidine rings is 1. The van der Waals surface area contributed by atoms with E-state index in [-0.39, 0.29) is 30.3 Å². The van der Waals surface area contributed by atoms with Gasteiger partial charge in [0.25, 0.3) is 0 Å². The van der Waals surface area contributed by atoms with Crippen molar-refractivity contribution in [3.8, 4) is 11.8 Å². The Hall–Kier alpha value is -3.54. The third-order valence-corrected chi connectivity index (χ3v) is 9.79. The van der Waals surface area contributed by atoms with Crippen molar-refractivity contribution in [2.24, 2.45) is 0 Å². The summed E-state index contributed by atoms with van der Waals surface area (Å²) in [6.45, 7) is 8.77. The minimum atomic E-state index is -0.288. The van der Waals surface area contributed by atoms with Gasteiger partial charge in [-0.1, -0.05) is 30.8 Å². The third kappa shape index (κ3) is 7.06. The van der Waals surface area contributed by atoms with Gasteiger partial charge in [0.1, 0.15) is 11.6 Å². The Balaban J connectivity index is 0.000000367. The molecule has 236 valence electrons. The van der Waals surface area contributed by atoms with E-state index < -0.39 is 0 Å². The van der Waals surface area contributed by atoms with Crippen LogP contribution in [0.2, 0.25) is 0 Å². The van der Waals surface area contributed by atoms with Gasteiger partial charge in [-0.15, -0.1) is 0 Å². The van der Waals surface area contributed by atoms with E-state index in [4.69, 9.17) is 4.74 Å². The highest BCUT2D eigenvalue weighted by Gasteiger charge is 2.33. The first-order valence-corrected chi connectivity index (χ1v) is 16.5. The molecule has 2 fully saturated rings. The average molecular weight is 621 g/mol. The van der Waals surface area contributed by atoms with Gasteiger partial charge >= 0.3 is 6.01 Å². The number of aromatic nitrogens is 2. The summed E-state index contributed by atoms with van der Waals surface area (Å²) < 4.78 is 5.44. The molecule has 3 aliphatic rings. The minimum Gasteiger partial charge on any atom is -0.508 e. The van der Waals surface area contributed by atoms with Crippen molar-refractivity contribution in [2.75, 3.05) is 76.1 Å². The predicted octanol–water partition coefficient (Wildman–Crippen LogP) is 3.55. The second-order valence-corrected chi connectivity index (χ2v) is 12.7. The number of aliphatic hydroxyl groups excluding tert-OH is 1. The van der Waals surface area contributed by atoms with Crippen LogP contribution in [0.25, 0.3) is 10.8 Å². The average Bonchev–Trinajstić information content (AvgIpc) is 3.06. The fraction of sp³-hybridized carbons (Fsp3) is 0.485. The van der Waals surface area contributed by atoms with Crippen LogP contribution in [0.1, 0.15) is 24.1 Å². The maximum atomic E-state index is 12.1. The number of ether oxygens (including phenoxy) is 1.